The predicted molar refractivity (Wildman–Crippen MR) is 194 cm³/mol. The summed E-state index contributed by atoms with van der Waals surface area (Å²) < 4.78 is 17.9. The molecule has 2 unspecified atom stereocenters. The summed E-state index contributed by atoms with van der Waals surface area (Å²) >= 11 is 0. The molecule has 2 atom stereocenters. The maximum Gasteiger partial charge on any atom is 0.408 e. The first kappa shape index (κ1) is 34.0. The summed E-state index contributed by atoms with van der Waals surface area (Å²) in [4.78, 5) is 46.9. The van der Waals surface area contributed by atoms with E-state index in [9.17, 15) is 14.4 Å². The second-order valence-electron chi connectivity index (χ2n) is 14.3. The summed E-state index contributed by atoms with van der Waals surface area (Å²) in [5.41, 5.74) is 5.31. The minimum absolute atomic E-state index is 0.193. The lowest BCUT2D eigenvalue weighted by Gasteiger charge is -2.40. The molecular weight excluding hydrogens is 644 g/mol. The van der Waals surface area contributed by atoms with Gasteiger partial charge >= 0.3 is 6.09 Å². The van der Waals surface area contributed by atoms with E-state index in [1.807, 2.05) is 72.8 Å². The number of ether oxygens (including phenoxy) is 2. The lowest BCUT2D eigenvalue weighted by Crippen LogP contribution is -2.54. The van der Waals surface area contributed by atoms with E-state index in [0.717, 1.165) is 33.3 Å². The van der Waals surface area contributed by atoms with Gasteiger partial charge in [-0.05, 0) is 73.6 Å². The number of fused-ring (bicyclic) bond motifs is 3. The van der Waals surface area contributed by atoms with Crippen LogP contribution in [0.1, 0.15) is 62.3 Å². The Bertz CT molecular complexity index is 2060. The number of piperidine rings is 1. The Kier molecular flexibility index (Phi) is 9.12. The predicted octanol–water partition coefficient (Wildman–Crippen LogP) is 7.47. The number of hydrogen-bond acceptors (Lipinski definition) is 7. The molecule has 1 aromatic heterocycles. The van der Waals surface area contributed by atoms with E-state index in [-0.39, 0.29) is 11.8 Å². The number of hydrogen-bond donors (Lipinski definition) is 2. The Morgan fingerprint density at radius 2 is 1.61 bits per heavy atom. The van der Waals surface area contributed by atoms with E-state index in [0.29, 0.717) is 49.5 Å². The Balaban J connectivity index is 1.06. The van der Waals surface area contributed by atoms with Gasteiger partial charge in [0.2, 0.25) is 5.91 Å². The number of nitrogens with one attached hydrogen (secondary N) is 2. The molecule has 2 aliphatic heterocycles. The van der Waals surface area contributed by atoms with Gasteiger partial charge in [0.15, 0.2) is 17.6 Å². The van der Waals surface area contributed by atoms with Gasteiger partial charge in [-0.3, -0.25) is 9.59 Å². The summed E-state index contributed by atoms with van der Waals surface area (Å²) in [5.74, 6) is 0.0764. The molecule has 10 heteroatoms. The van der Waals surface area contributed by atoms with Gasteiger partial charge in [0.25, 0.3) is 5.91 Å². The van der Waals surface area contributed by atoms with Crippen molar-refractivity contribution in [2.24, 2.45) is 0 Å². The maximum atomic E-state index is 14.2. The molecule has 2 aliphatic rings. The van der Waals surface area contributed by atoms with Gasteiger partial charge in [0, 0.05) is 38.2 Å². The second-order valence-corrected chi connectivity index (χ2v) is 14.3. The molecule has 1 saturated heterocycles. The molecule has 1 fully saturated rings. The highest BCUT2D eigenvalue weighted by molar-refractivity contribution is 5.97. The van der Waals surface area contributed by atoms with E-state index in [1.54, 1.807) is 44.7 Å². The zero-order valence-electron chi connectivity index (χ0n) is 29.3. The van der Waals surface area contributed by atoms with Crippen molar-refractivity contribution in [1.29, 1.82) is 0 Å². The van der Waals surface area contributed by atoms with Crippen molar-refractivity contribution >= 4 is 34.7 Å². The SMILES string of the molecule is Cc1nc2ccc(NC(=O)C3OC4(CCN(C(=O)C(Cc5ccc(-c6ccccc6)cc5)NC(=O)OC(C)(C)C)CC4)c4ccccc43)cc2o1. The molecule has 0 bridgehead atoms. The first-order valence-electron chi connectivity index (χ1n) is 17.3. The maximum absolute atomic E-state index is 14.2. The third-order valence-corrected chi connectivity index (χ3v) is 9.45. The van der Waals surface area contributed by atoms with Gasteiger partial charge in [-0.1, -0.05) is 78.9 Å². The van der Waals surface area contributed by atoms with Crippen molar-refractivity contribution in [1.82, 2.24) is 15.2 Å². The number of aromatic nitrogens is 1. The number of anilines is 1. The van der Waals surface area contributed by atoms with Crippen molar-refractivity contribution in [3.8, 4) is 11.1 Å². The van der Waals surface area contributed by atoms with E-state index in [1.165, 1.54) is 0 Å². The van der Waals surface area contributed by atoms with Gasteiger partial charge in [-0.25, -0.2) is 9.78 Å². The number of likely N-dealkylation sites (tertiary alicyclic amines) is 1. The topological polar surface area (TPSA) is 123 Å². The zero-order chi connectivity index (χ0) is 35.8. The van der Waals surface area contributed by atoms with Crippen LogP contribution in [0.4, 0.5) is 10.5 Å². The van der Waals surface area contributed by atoms with Crippen LogP contribution in [0.25, 0.3) is 22.2 Å². The van der Waals surface area contributed by atoms with Crippen LogP contribution in [0, 0.1) is 6.92 Å². The van der Waals surface area contributed by atoms with Crippen LogP contribution in [-0.2, 0) is 31.1 Å². The first-order valence-corrected chi connectivity index (χ1v) is 17.3. The third-order valence-electron chi connectivity index (χ3n) is 9.45. The molecule has 0 radical (unpaired) electrons. The number of oxazole rings is 1. The Labute approximate surface area is 297 Å². The minimum Gasteiger partial charge on any atom is -0.444 e. The highest BCUT2D eigenvalue weighted by Gasteiger charge is 2.49. The molecule has 0 saturated carbocycles. The minimum atomic E-state index is -0.836. The zero-order valence-corrected chi connectivity index (χ0v) is 29.3. The Hall–Kier alpha value is -5.48. The smallest absolute Gasteiger partial charge is 0.408 e. The number of nitrogens with zero attached hydrogens (tertiary/aromatic N) is 2. The lowest BCUT2D eigenvalue weighted by atomic mass is 9.83. The number of alkyl carbamates (subject to hydrolysis) is 1. The fourth-order valence-corrected chi connectivity index (χ4v) is 7.06. The van der Waals surface area contributed by atoms with E-state index in [2.05, 4.69) is 27.8 Å². The number of benzene rings is 4. The van der Waals surface area contributed by atoms with E-state index < -0.39 is 29.4 Å². The number of carbonyl (C=O) groups excluding carboxylic acids is 3. The van der Waals surface area contributed by atoms with E-state index >= 15 is 0 Å². The monoisotopic (exact) mass is 686 g/mol. The van der Waals surface area contributed by atoms with Crippen LogP contribution in [0.2, 0.25) is 0 Å². The molecule has 5 aromatic rings. The molecule has 51 heavy (non-hydrogen) atoms. The van der Waals surface area contributed by atoms with Gasteiger partial charge in [-0.2, -0.15) is 0 Å². The largest absolute Gasteiger partial charge is 0.444 e. The van der Waals surface area contributed by atoms with Crippen LogP contribution >= 0.6 is 0 Å². The summed E-state index contributed by atoms with van der Waals surface area (Å²) in [7, 11) is 0. The molecule has 0 aliphatic carbocycles. The fourth-order valence-electron chi connectivity index (χ4n) is 7.06. The average Bonchev–Trinajstić information content (AvgIpc) is 3.64. The van der Waals surface area contributed by atoms with Crippen LogP contribution in [0.3, 0.4) is 0 Å². The normalized spacial score (nSPS) is 17.2. The Morgan fingerprint density at radius 1 is 0.922 bits per heavy atom. The van der Waals surface area contributed by atoms with E-state index in [4.69, 9.17) is 13.9 Å². The van der Waals surface area contributed by atoms with Crippen molar-refractivity contribution in [3.05, 3.63) is 120 Å². The van der Waals surface area contributed by atoms with Gasteiger partial charge in [0.1, 0.15) is 17.2 Å². The molecule has 7 rings (SSSR count). The fraction of sp³-hybridized carbons (Fsp3) is 0.317. The summed E-state index contributed by atoms with van der Waals surface area (Å²) in [6.45, 7) is 7.93. The number of amides is 3. The molecule has 262 valence electrons. The first-order chi connectivity index (χ1) is 24.5. The van der Waals surface area contributed by atoms with Crippen LogP contribution in [-0.4, -0.2) is 52.5 Å². The van der Waals surface area contributed by atoms with Gasteiger partial charge in [0.05, 0.1) is 5.60 Å². The van der Waals surface area contributed by atoms with Crippen LogP contribution < -0.4 is 10.6 Å². The summed E-state index contributed by atoms with van der Waals surface area (Å²) in [6.07, 6.45) is -0.178. The number of carbonyl (C=O) groups is 3. The molecule has 4 aromatic carbocycles. The van der Waals surface area contributed by atoms with Crippen LogP contribution in [0.15, 0.2) is 101 Å². The van der Waals surface area contributed by atoms with Gasteiger partial charge < -0.3 is 29.4 Å². The molecule has 3 amide bonds. The second kappa shape index (κ2) is 13.7. The van der Waals surface area contributed by atoms with Crippen molar-refractivity contribution in [3.63, 3.8) is 0 Å². The number of aryl methyl sites for hydroxylation is 1. The molecule has 3 heterocycles. The lowest BCUT2D eigenvalue weighted by molar-refractivity contribution is -0.152. The standard InChI is InChI=1S/C41H42N4O6/c1-26-42-33-19-18-30(25-35(33)49-26)43-37(46)36-31-12-8-9-13-32(31)41(50-36)20-22-45(23-21-41)38(47)34(44-39(48)51-40(2,3)4)24-27-14-16-29(17-15-27)28-10-6-5-7-11-28/h5-19,25,34,36H,20-24H2,1-4H3,(H,43,46)(H,44,48). The number of rotatable bonds is 7. The summed E-state index contributed by atoms with van der Waals surface area (Å²) in [6, 6.07) is 30.4. The highest BCUT2D eigenvalue weighted by Crippen LogP contribution is 2.49. The van der Waals surface area contributed by atoms with Crippen molar-refractivity contribution < 1.29 is 28.3 Å². The van der Waals surface area contributed by atoms with Crippen LogP contribution in [0.5, 0.6) is 0 Å². The summed E-state index contributed by atoms with van der Waals surface area (Å²) in [5, 5.41) is 5.84. The van der Waals surface area contributed by atoms with Crippen molar-refractivity contribution in [2.45, 2.75) is 70.3 Å². The molecule has 2 N–H and O–H groups in total. The molecule has 10 nitrogen and oxygen atoms in total. The highest BCUT2D eigenvalue weighted by atomic mass is 16.6. The average molecular weight is 687 g/mol. The molecule has 1 spiro atoms. The quantitative estimate of drug-likeness (QED) is 0.182. The van der Waals surface area contributed by atoms with Crippen molar-refractivity contribution in [2.75, 3.05) is 18.4 Å². The Morgan fingerprint density at radius 3 is 2.33 bits per heavy atom. The molecular formula is C41H42N4O6. The third kappa shape index (κ3) is 7.37. The van der Waals surface area contributed by atoms with Gasteiger partial charge in [-0.15, -0.1) is 0 Å².